The quantitative estimate of drug-likeness (QED) is 0.347. The van der Waals surface area contributed by atoms with Crippen molar-refractivity contribution in [1.82, 2.24) is 14.8 Å². The molecule has 0 bridgehead atoms. The number of anilines is 1. The van der Waals surface area contributed by atoms with E-state index in [1.165, 1.54) is 5.69 Å². The number of guanidine groups is 1. The Bertz CT molecular complexity index is 785. The van der Waals surface area contributed by atoms with E-state index in [9.17, 15) is 4.79 Å². The molecular weight excluding hydrogens is 465 g/mol. The van der Waals surface area contributed by atoms with E-state index in [-0.39, 0.29) is 29.9 Å². The third-order valence-corrected chi connectivity index (χ3v) is 4.28. The van der Waals surface area contributed by atoms with Gasteiger partial charge >= 0.3 is 0 Å². The van der Waals surface area contributed by atoms with Crippen molar-refractivity contribution in [3.05, 3.63) is 53.9 Å². The summed E-state index contributed by atoms with van der Waals surface area (Å²) in [5.41, 5.74) is 3.13. The van der Waals surface area contributed by atoms with Gasteiger partial charge in [-0.1, -0.05) is 26.0 Å². The molecule has 1 heterocycles. The number of aromatic nitrogens is 1. The molecule has 0 aliphatic carbocycles. The minimum absolute atomic E-state index is 0. The van der Waals surface area contributed by atoms with E-state index in [1.54, 1.807) is 7.05 Å². The molecule has 28 heavy (non-hydrogen) atoms. The lowest BCUT2D eigenvalue weighted by molar-refractivity contribution is -0.116. The highest BCUT2D eigenvalue weighted by Gasteiger charge is 2.09. The fraction of sp³-hybridized carbons (Fsp3) is 0.429. The molecule has 1 aromatic carbocycles. The third-order valence-electron chi connectivity index (χ3n) is 4.28. The normalized spacial score (nSPS) is 11.1. The monoisotopic (exact) mass is 497 g/mol. The second kappa shape index (κ2) is 11.7. The van der Waals surface area contributed by atoms with Crippen molar-refractivity contribution in [3.8, 4) is 0 Å². The predicted octanol–water partition coefficient (Wildman–Crippen LogP) is 3.84. The molecule has 2 rings (SSSR count). The van der Waals surface area contributed by atoms with Crippen LogP contribution in [-0.4, -0.2) is 35.4 Å². The number of nitrogens with zero attached hydrogens (tertiary/aromatic N) is 3. The number of halogens is 1. The van der Waals surface area contributed by atoms with Gasteiger partial charge in [0.2, 0.25) is 5.91 Å². The summed E-state index contributed by atoms with van der Waals surface area (Å²) in [6.45, 7) is 5.49. The van der Waals surface area contributed by atoms with Crippen LogP contribution in [0.3, 0.4) is 0 Å². The lowest BCUT2D eigenvalue weighted by atomic mass is 10.1. The van der Waals surface area contributed by atoms with Crippen molar-refractivity contribution in [1.29, 1.82) is 0 Å². The number of aliphatic imine (C=N–C) groups is 1. The van der Waals surface area contributed by atoms with Gasteiger partial charge in [0.25, 0.3) is 0 Å². The predicted molar refractivity (Wildman–Crippen MR) is 127 cm³/mol. The lowest BCUT2D eigenvalue weighted by Gasteiger charge is -2.22. The summed E-state index contributed by atoms with van der Waals surface area (Å²) in [7, 11) is 5.84. The Hall–Kier alpha value is -2.03. The van der Waals surface area contributed by atoms with E-state index in [0.29, 0.717) is 18.9 Å². The largest absolute Gasteiger partial charge is 0.353 e. The molecule has 0 aliphatic heterocycles. The number of hydrogen-bond acceptors (Lipinski definition) is 2. The van der Waals surface area contributed by atoms with Gasteiger partial charge in [0, 0.05) is 51.7 Å². The molecule has 6 nitrogen and oxygen atoms in total. The van der Waals surface area contributed by atoms with Crippen LogP contribution >= 0.6 is 24.0 Å². The Morgan fingerprint density at radius 2 is 2.00 bits per heavy atom. The van der Waals surface area contributed by atoms with Gasteiger partial charge in [0.15, 0.2) is 5.96 Å². The van der Waals surface area contributed by atoms with Crippen molar-refractivity contribution in [2.24, 2.45) is 18.0 Å². The highest BCUT2D eigenvalue weighted by molar-refractivity contribution is 14.0. The molecule has 0 radical (unpaired) electrons. The molecule has 0 saturated carbocycles. The maximum Gasteiger partial charge on any atom is 0.224 e. The maximum absolute atomic E-state index is 12.0. The Labute approximate surface area is 185 Å². The smallest absolute Gasteiger partial charge is 0.224 e. The molecule has 2 N–H and O–H groups in total. The number of nitrogens with one attached hydrogen (secondary N) is 2. The van der Waals surface area contributed by atoms with Crippen LogP contribution in [0.1, 0.15) is 31.5 Å². The fourth-order valence-electron chi connectivity index (χ4n) is 2.89. The standard InChI is InChI=1S/C21H31N5O.HI/c1-16(2)12-20(27)24-18-9-6-8-17(13-18)14-23-21(22-3)26(5)15-19-10-7-11-25(19)4;/h6-11,13,16H,12,14-15H2,1-5H3,(H,22,23)(H,24,27);1H. The van der Waals surface area contributed by atoms with Gasteiger partial charge in [-0.2, -0.15) is 0 Å². The Morgan fingerprint density at radius 3 is 2.61 bits per heavy atom. The van der Waals surface area contributed by atoms with Crippen molar-refractivity contribution in [2.75, 3.05) is 19.4 Å². The Morgan fingerprint density at radius 1 is 1.25 bits per heavy atom. The molecular formula is C21H32IN5O. The maximum atomic E-state index is 12.0. The highest BCUT2D eigenvalue weighted by atomic mass is 127. The summed E-state index contributed by atoms with van der Waals surface area (Å²) in [6.07, 6.45) is 2.57. The molecule has 7 heteroatoms. The first-order valence-corrected chi connectivity index (χ1v) is 9.29. The number of hydrogen-bond donors (Lipinski definition) is 2. The molecule has 0 atom stereocenters. The molecule has 0 unspecified atom stereocenters. The van der Waals surface area contributed by atoms with Crippen LogP contribution in [0, 0.1) is 5.92 Å². The average molecular weight is 497 g/mol. The Balaban J connectivity index is 0.00000392. The number of carbonyl (C=O) groups excluding carboxylic acids is 1. The van der Waals surface area contributed by atoms with Gasteiger partial charge in [-0.15, -0.1) is 24.0 Å². The van der Waals surface area contributed by atoms with E-state index in [1.807, 2.05) is 64.5 Å². The highest BCUT2D eigenvalue weighted by Crippen LogP contribution is 2.12. The first-order chi connectivity index (χ1) is 12.9. The summed E-state index contributed by atoms with van der Waals surface area (Å²) < 4.78 is 2.10. The molecule has 0 aliphatic rings. The Kier molecular flexibility index (Phi) is 10.1. The summed E-state index contributed by atoms with van der Waals surface area (Å²) in [5, 5.41) is 6.35. The summed E-state index contributed by atoms with van der Waals surface area (Å²) in [5.74, 6) is 1.22. The van der Waals surface area contributed by atoms with Crippen LogP contribution in [0.5, 0.6) is 0 Å². The third kappa shape index (κ3) is 7.53. The van der Waals surface area contributed by atoms with E-state index >= 15 is 0 Å². The van der Waals surface area contributed by atoms with Gasteiger partial charge in [-0.3, -0.25) is 9.79 Å². The summed E-state index contributed by atoms with van der Waals surface area (Å²) >= 11 is 0. The van der Waals surface area contributed by atoms with E-state index < -0.39 is 0 Å². The number of amides is 1. The number of carbonyl (C=O) groups is 1. The first-order valence-electron chi connectivity index (χ1n) is 9.29. The molecule has 0 fully saturated rings. The van der Waals surface area contributed by atoms with E-state index in [2.05, 4.69) is 31.2 Å². The van der Waals surface area contributed by atoms with Crippen LogP contribution in [0.15, 0.2) is 47.6 Å². The fourth-order valence-corrected chi connectivity index (χ4v) is 2.89. The zero-order valence-corrected chi connectivity index (χ0v) is 19.7. The van der Waals surface area contributed by atoms with E-state index in [4.69, 9.17) is 0 Å². The van der Waals surface area contributed by atoms with Gasteiger partial charge in [-0.25, -0.2) is 0 Å². The van der Waals surface area contributed by atoms with Crippen LogP contribution in [0.2, 0.25) is 0 Å². The summed E-state index contributed by atoms with van der Waals surface area (Å²) in [4.78, 5) is 18.4. The summed E-state index contributed by atoms with van der Waals surface area (Å²) in [6, 6.07) is 12.0. The zero-order valence-electron chi connectivity index (χ0n) is 17.4. The molecule has 0 spiro atoms. The SMILES string of the molecule is CN=C(NCc1cccc(NC(=O)CC(C)C)c1)N(C)Cc1cccn1C.I. The van der Waals surface area contributed by atoms with Crippen molar-refractivity contribution in [2.45, 2.75) is 33.4 Å². The molecule has 2 aromatic rings. The molecule has 1 aromatic heterocycles. The van der Waals surface area contributed by atoms with Gasteiger partial charge in [-0.05, 0) is 35.7 Å². The second-order valence-electron chi connectivity index (χ2n) is 7.21. The van der Waals surface area contributed by atoms with Crippen molar-refractivity contribution >= 4 is 41.5 Å². The lowest BCUT2D eigenvalue weighted by Crippen LogP contribution is -2.38. The minimum Gasteiger partial charge on any atom is -0.353 e. The number of rotatable bonds is 7. The number of aryl methyl sites for hydroxylation is 1. The molecule has 154 valence electrons. The zero-order chi connectivity index (χ0) is 19.8. The van der Waals surface area contributed by atoms with Crippen molar-refractivity contribution < 1.29 is 4.79 Å². The average Bonchev–Trinajstić information content (AvgIpc) is 2.99. The van der Waals surface area contributed by atoms with Gasteiger partial charge in [0.05, 0.1) is 6.54 Å². The second-order valence-corrected chi connectivity index (χ2v) is 7.21. The number of benzene rings is 1. The van der Waals surface area contributed by atoms with Gasteiger partial charge < -0.3 is 20.1 Å². The van der Waals surface area contributed by atoms with Crippen molar-refractivity contribution in [3.63, 3.8) is 0 Å². The first kappa shape index (κ1) is 24.0. The van der Waals surface area contributed by atoms with E-state index in [0.717, 1.165) is 23.8 Å². The van der Waals surface area contributed by atoms with Gasteiger partial charge in [0.1, 0.15) is 0 Å². The van der Waals surface area contributed by atoms with Crippen LogP contribution < -0.4 is 10.6 Å². The van der Waals surface area contributed by atoms with Crippen LogP contribution in [0.4, 0.5) is 5.69 Å². The molecule has 1 amide bonds. The van der Waals surface area contributed by atoms with Crippen LogP contribution in [0.25, 0.3) is 0 Å². The van der Waals surface area contributed by atoms with Crippen LogP contribution in [-0.2, 0) is 24.9 Å². The topological polar surface area (TPSA) is 61.7 Å². The minimum atomic E-state index is 0. The molecule has 0 saturated heterocycles.